The van der Waals surface area contributed by atoms with Crippen molar-refractivity contribution in [2.24, 2.45) is 5.92 Å². The summed E-state index contributed by atoms with van der Waals surface area (Å²) in [6.07, 6.45) is 9.45. The van der Waals surface area contributed by atoms with Gasteiger partial charge in [0.2, 0.25) is 0 Å². The number of aliphatic carboxylic acids is 1. The van der Waals surface area contributed by atoms with Gasteiger partial charge in [-0.05, 0) is 44.8 Å². The van der Waals surface area contributed by atoms with E-state index in [0.29, 0.717) is 5.92 Å². The summed E-state index contributed by atoms with van der Waals surface area (Å²) in [6, 6.07) is 0. The molecule has 0 amide bonds. The second-order valence-electron chi connectivity index (χ2n) is 6.28. The monoisotopic (exact) mass is 380 g/mol. The molecule has 7 heteroatoms. The van der Waals surface area contributed by atoms with Gasteiger partial charge in [0.15, 0.2) is 0 Å². The van der Waals surface area contributed by atoms with Crippen molar-refractivity contribution < 1.29 is 14.3 Å². The SMILES string of the molecule is C=C/C=C\c1c(C)ncnc1N(C)C.CCC(=O)O.FCC1CCNCC1. The van der Waals surface area contributed by atoms with Gasteiger partial charge in [-0.25, -0.2) is 9.97 Å². The predicted octanol–water partition coefficient (Wildman–Crippen LogP) is 3.49. The minimum absolute atomic E-state index is 0.123. The van der Waals surface area contributed by atoms with Crippen molar-refractivity contribution in [1.82, 2.24) is 15.3 Å². The molecule has 27 heavy (non-hydrogen) atoms. The number of hydrogen-bond donors (Lipinski definition) is 2. The summed E-state index contributed by atoms with van der Waals surface area (Å²) in [6.45, 7) is 9.10. The number of nitrogens with zero attached hydrogens (tertiary/aromatic N) is 3. The van der Waals surface area contributed by atoms with Gasteiger partial charge in [0, 0.05) is 26.1 Å². The molecule has 0 aromatic carbocycles. The van der Waals surface area contributed by atoms with Crippen LogP contribution < -0.4 is 10.2 Å². The van der Waals surface area contributed by atoms with Crippen molar-refractivity contribution in [3.05, 3.63) is 36.3 Å². The highest BCUT2D eigenvalue weighted by molar-refractivity contribution is 5.66. The van der Waals surface area contributed by atoms with Gasteiger partial charge in [-0.2, -0.15) is 0 Å². The molecule has 1 aliphatic heterocycles. The first-order valence-electron chi connectivity index (χ1n) is 9.13. The summed E-state index contributed by atoms with van der Waals surface area (Å²) >= 11 is 0. The van der Waals surface area contributed by atoms with Gasteiger partial charge < -0.3 is 15.3 Å². The van der Waals surface area contributed by atoms with Crippen molar-refractivity contribution in [1.29, 1.82) is 0 Å². The number of alkyl halides is 1. The van der Waals surface area contributed by atoms with E-state index in [1.807, 2.05) is 38.1 Å². The Bertz CT molecular complexity index is 585. The number of anilines is 1. The number of piperidine rings is 1. The van der Waals surface area contributed by atoms with Gasteiger partial charge in [0.25, 0.3) is 0 Å². The number of allylic oxidation sites excluding steroid dienone is 2. The fourth-order valence-corrected chi connectivity index (χ4v) is 2.22. The van der Waals surface area contributed by atoms with E-state index in [1.165, 1.54) is 0 Å². The lowest BCUT2D eigenvalue weighted by molar-refractivity contribution is -0.136. The number of halogens is 1. The van der Waals surface area contributed by atoms with Crippen LogP contribution >= 0.6 is 0 Å². The van der Waals surface area contributed by atoms with Gasteiger partial charge in [-0.3, -0.25) is 9.18 Å². The molecule has 1 aromatic rings. The van der Waals surface area contributed by atoms with Crippen LogP contribution in [0.4, 0.5) is 10.2 Å². The summed E-state index contributed by atoms with van der Waals surface area (Å²) in [5.74, 6) is 0.539. The average molecular weight is 381 g/mol. The van der Waals surface area contributed by atoms with Crippen LogP contribution in [0.15, 0.2) is 25.1 Å². The Balaban J connectivity index is 0.000000437. The third kappa shape index (κ3) is 11.1. The van der Waals surface area contributed by atoms with Crippen molar-refractivity contribution >= 4 is 17.9 Å². The van der Waals surface area contributed by atoms with E-state index in [2.05, 4.69) is 21.9 Å². The molecule has 0 bridgehead atoms. The van der Waals surface area contributed by atoms with Crippen molar-refractivity contribution in [2.45, 2.75) is 33.1 Å². The molecular formula is C20H33FN4O2. The van der Waals surface area contributed by atoms with Crippen molar-refractivity contribution in [2.75, 3.05) is 38.8 Å². The number of nitrogens with one attached hydrogen (secondary N) is 1. The minimum atomic E-state index is -0.745. The van der Waals surface area contributed by atoms with Gasteiger partial charge in [-0.15, -0.1) is 0 Å². The van der Waals surface area contributed by atoms with Crippen LogP contribution in [0.1, 0.15) is 37.4 Å². The van der Waals surface area contributed by atoms with E-state index < -0.39 is 5.97 Å². The topological polar surface area (TPSA) is 78.4 Å². The minimum Gasteiger partial charge on any atom is -0.481 e. The summed E-state index contributed by atoms with van der Waals surface area (Å²) in [4.78, 5) is 19.7. The average Bonchev–Trinajstić information content (AvgIpc) is 2.68. The third-order valence-corrected chi connectivity index (χ3v) is 3.86. The van der Waals surface area contributed by atoms with E-state index in [1.54, 1.807) is 19.3 Å². The molecule has 2 N–H and O–H groups in total. The Kier molecular flexibility index (Phi) is 13.6. The number of aryl methyl sites for hydroxylation is 1. The fourth-order valence-electron chi connectivity index (χ4n) is 2.22. The number of rotatable bonds is 5. The molecule has 1 aromatic heterocycles. The molecule has 1 fully saturated rings. The van der Waals surface area contributed by atoms with Gasteiger partial charge >= 0.3 is 5.97 Å². The molecule has 0 radical (unpaired) electrons. The molecule has 1 saturated heterocycles. The van der Waals surface area contributed by atoms with Crippen LogP contribution in [0, 0.1) is 12.8 Å². The zero-order valence-corrected chi connectivity index (χ0v) is 16.9. The van der Waals surface area contributed by atoms with Crippen molar-refractivity contribution in [3.63, 3.8) is 0 Å². The Hall–Kier alpha value is -2.28. The van der Waals surface area contributed by atoms with Crippen LogP contribution in [-0.4, -0.2) is 54.9 Å². The first-order chi connectivity index (χ1) is 12.9. The van der Waals surface area contributed by atoms with Crippen molar-refractivity contribution in [3.8, 4) is 0 Å². The highest BCUT2D eigenvalue weighted by Crippen LogP contribution is 2.18. The second-order valence-corrected chi connectivity index (χ2v) is 6.28. The highest BCUT2D eigenvalue weighted by Gasteiger charge is 2.11. The number of aromatic nitrogens is 2. The zero-order valence-electron chi connectivity index (χ0n) is 16.9. The quantitative estimate of drug-likeness (QED) is 0.762. The molecule has 1 aliphatic rings. The smallest absolute Gasteiger partial charge is 0.303 e. The molecule has 152 valence electrons. The predicted molar refractivity (Wildman–Crippen MR) is 110 cm³/mol. The van der Waals surface area contributed by atoms with E-state index in [-0.39, 0.29) is 13.1 Å². The molecule has 0 saturated carbocycles. The maximum atomic E-state index is 11.9. The van der Waals surface area contributed by atoms with Crippen LogP contribution in [-0.2, 0) is 4.79 Å². The summed E-state index contributed by atoms with van der Waals surface area (Å²) in [5.41, 5.74) is 2.01. The van der Waals surface area contributed by atoms with E-state index in [4.69, 9.17) is 5.11 Å². The van der Waals surface area contributed by atoms with Crippen LogP contribution in [0.25, 0.3) is 6.08 Å². The second kappa shape index (κ2) is 14.8. The summed E-state index contributed by atoms with van der Waals surface area (Å²) < 4.78 is 11.9. The molecule has 2 rings (SSSR count). The van der Waals surface area contributed by atoms with E-state index in [0.717, 1.165) is 43.0 Å². The van der Waals surface area contributed by atoms with Crippen LogP contribution in [0.3, 0.4) is 0 Å². The molecule has 0 aliphatic carbocycles. The Morgan fingerprint density at radius 1 is 1.41 bits per heavy atom. The van der Waals surface area contributed by atoms with Crippen LogP contribution in [0.2, 0.25) is 0 Å². The summed E-state index contributed by atoms with van der Waals surface area (Å²) in [5, 5.41) is 10.9. The molecule has 2 heterocycles. The molecule has 0 atom stereocenters. The zero-order chi connectivity index (χ0) is 20.7. The summed E-state index contributed by atoms with van der Waals surface area (Å²) in [7, 11) is 3.93. The third-order valence-electron chi connectivity index (χ3n) is 3.86. The molecule has 0 unspecified atom stereocenters. The van der Waals surface area contributed by atoms with Gasteiger partial charge in [0.05, 0.1) is 12.4 Å². The standard InChI is InChI=1S/C11H15N3.C6H12FN.C3H6O2/c1-5-6-7-10-9(2)12-8-13-11(10)14(3)4;7-5-6-1-3-8-4-2-6;1-2-3(4)5/h5-8H,1H2,2-4H3;6,8H,1-5H2;2H2,1H3,(H,4,5)/b7-6-;;. The molecular weight excluding hydrogens is 347 g/mol. The Labute approximate surface area is 162 Å². The molecule has 0 spiro atoms. The van der Waals surface area contributed by atoms with Gasteiger partial charge in [0.1, 0.15) is 12.1 Å². The Morgan fingerprint density at radius 2 is 2.00 bits per heavy atom. The maximum absolute atomic E-state index is 11.9. The first kappa shape index (κ1) is 24.7. The number of hydrogen-bond acceptors (Lipinski definition) is 5. The largest absolute Gasteiger partial charge is 0.481 e. The Morgan fingerprint density at radius 3 is 2.41 bits per heavy atom. The number of carboxylic acid groups (broad SMARTS) is 1. The molecule has 6 nitrogen and oxygen atoms in total. The lowest BCUT2D eigenvalue weighted by Gasteiger charge is -2.18. The lowest BCUT2D eigenvalue weighted by Crippen LogP contribution is -2.28. The van der Waals surface area contributed by atoms with E-state index >= 15 is 0 Å². The number of carbonyl (C=O) groups is 1. The van der Waals surface area contributed by atoms with Crippen LogP contribution in [0.5, 0.6) is 0 Å². The maximum Gasteiger partial charge on any atom is 0.303 e. The number of carboxylic acids is 1. The van der Waals surface area contributed by atoms with Gasteiger partial charge in [-0.1, -0.05) is 25.7 Å². The first-order valence-corrected chi connectivity index (χ1v) is 9.13. The normalized spacial score (nSPS) is 13.8. The van der Waals surface area contributed by atoms with E-state index in [9.17, 15) is 9.18 Å². The lowest BCUT2D eigenvalue weighted by atomic mass is 10.0. The highest BCUT2D eigenvalue weighted by atomic mass is 19.1. The fraction of sp³-hybridized carbons (Fsp3) is 0.550.